The topological polar surface area (TPSA) is 77.5 Å². The fourth-order valence-electron chi connectivity index (χ4n) is 2.27. The van der Waals surface area contributed by atoms with Crippen LogP contribution in [0.5, 0.6) is 0 Å². The molecule has 0 amide bonds. The fourth-order valence-corrected chi connectivity index (χ4v) is 7.91. The monoisotopic (exact) mass is 514 g/mol. The Morgan fingerprint density at radius 1 is 0.903 bits per heavy atom. The normalized spacial score (nSPS) is 20.5. The van der Waals surface area contributed by atoms with E-state index in [4.69, 9.17) is 0 Å². The largest absolute Gasteiger partial charge is 0.460 e. The van der Waals surface area contributed by atoms with Crippen LogP contribution in [0.15, 0.2) is 0 Å². The van der Waals surface area contributed by atoms with E-state index in [1.54, 1.807) is 0 Å². The summed E-state index contributed by atoms with van der Waals surface area (Å²) in [4.78, 5) is 23.7. The van der Waals surface area contributed by atoms with Crippen molar-refractivity contribution in [2.24, 2.45) is 5.41 Å². The van der Waals surface area contributed by atoms with Crippen LogP contribution < -0.4 is 0 Å². The highest BCUT2D eigenvalue weighted by molar-refractivity contribution is 8.33. The molecule has 0 N–H and O–H groups in total. The van der Waals surface area contributed by atoms with Crippen molar-refractivity contribution in [3.8, 4) is 0 Å². The molecule has 1 saturated heterocycles. The molecule has 0 spiro atoms. The van der Waals surface area contributed by atoms with Crippen molar-refractivity contribution in [1.29, 1.82) is 0 Å². The minimum atomic E-state index is -7.43. The molecule has 184 valence electrons. The smallest absolute Gasteiger partial charge is 0.300 e. The average molecular weight is 514 g/mol. The van der Waals surface area contributed by atoms with Crippen molar-refractivity contribution in [3.05, 3.63) is 0 Å². The van der Waals surface area contributed by atoms with Gasteiger partial charge in [-0.3, -0.25) is 9.59 Å². The zero-order chi connectivity index (χ0) is 24.9. The Bertz CT molecular complexity index is 819. The van der Waals surface area contributed by atoms with Crippen LogP contribution >= 0.6 is 10.3 Å². The molecule has 0 aromatic carbocycles. The van der Waals surface area contributed by atoms with Crippen LogP contribution in [-0.2, 0) is 23.3 Å². The molecule has 0 aromatic rings. The molecule has 0 aliphatic carbocycles. The van der Waals surface area contributed by atoms with Crippen LogP contribution in [0.1, 0.15) is 33.6 Å². The van der Waals surface area contributed by atoms with Crippen LogP contribution in [0, 0.1) is 5.41 Å². The first kappa shape index (κ1) is 28.0. The van der Waals surface area contributed by atoms with Gasteiger partial charge < -0.3 is 0 Å². The van der Waals surface area contributed by atoms with Gasteiger partial charge in [0.2, 0.25) is 0 Å². The lowest BCUT2D eigenvalue weighted by molar-refractivity contribution is -0.382. The van der Waals surface area contributed by atoms with Gasteiger partial charge in [-0.15, -0.1) is 10.3 Å². The second-order valence-corrected chi connectivity index (χ2v) is 12.9. The molecule has 1 aliphatic rings. The van der Waals surface area contributed by atoms with Gasteiger partial charge in [0, 0.05) is 29.8 Å². The first-order valence-electron chi connectivity index (χ1n) is 8.41. The number of halogens is 9. The Hall–Kier alpha value is -1.03. The summed E-state index contributed by atoms with van der Waals surface area (Å²) in [5, 5.41) is -7.01. The molecular weight excluding hydrogens is 495 g/mol. The number of Topliss-reactive ketones (excluding diaryl/α,β-unsaturated/α-hetero) is 2. The van der Waals surface area contributed by atoms with Crippen LogP contribution in [0.25, 0.3) is 0 Å². The van der Waals surface area contributed by atoms with Crippen molar-refractivity contribution < 1.29 is 61.1 Å². The minimum Gasteiger partial charge on any atom is -0.300 e. The zero-order valence-electron chi connectivity index (χ0n) is 16.3. The molecule has 1 aliphatic heterocycles. The summed E-state index contributed by atoms with van der Waals surface area (Å²) in [6, 6.07) is 0. The summed E-state index contributed by atoms with van der Waals surface area (Å²) < 4.78 is 146. The predicted molar refractivity (Wildman–Crippen MR) is 91.8 cm³/mol. The van der Waals surface area contributed by atoms with E-state index < -0.39 is 90.8 Å². The summed E-state index contributed by atoms with van der Waals surface area (Å²) in [6.07, 6.45) is -8.18. The lowest BCUT2D eigenvalue weighted by Gasteiger charge is -2.43. The maximum absolute atomic E-state index is 14.0. The van der Waals surface area contributed by atoms with E-state index in [1.807, 2.05) is 0 Å². The van der Waals surface area contributed by atoms with Gasteiger partial charge >= 0.3 is 33.4 Å². The second-order valence-electron chi connectivity index (χ2n) is 7.92. The minimum absolute atomic E-state index is 0.483. The number of hydrogen-bond acceptors (Lipinski definition) is 5. The van der Waals surface area contributed by atoms with Crippen molar-refractivity contribution in [2.75, 3.05) is 17.3 Å². The zero-order valence-corrected chi connectivity index (χ0v) is 17.9. The Labute approximate surface area is 173 Å². The highest BCUT2D eigenvalue weighted by atomic mass is 32.3. The second kappa shape index (κ2) is 8.08. The third kappa shape index (κ3) is 5.15. The van der Waals surface area contributed by atoms with E-state index in [9.17, 15) is 57.5 Å². The maximum atomic E-state index is 14.0. The molecule has 1 rings (SSSR count). The number of hydrogen-bond donors (Lipinski definition) is 0. The van der Waals surface area contributed by atoms with Gasteiger partial charge in [-0.2, -0.15) is 47.9 Å². The number of ketones is 2. The molecule has 31 heavy (non-hydrogen) atoms. The van der Waals surface area contributed by atoms with E-state index in [0.29, 0.717) is 0 Å². The maximum Gasteiger partial charge on any atom is 0.460 e. The highest BCUT2D eigenvalue weighted by Gasteiger charge is 2.86. The van der Waals surface area contributed by atoms with Gasteiger partial charge in [-0.05, 0) is 0 Å². The van der Waals surface area contributed by atoms with Gasteiger partial charge in [0.15, 0.2) is 0 Å². The standard InChI is InChI=1S/C15H19F9O5S2/c1-11(2,3)10(26)8-30(6-4-9(25)5-7-30)29-31(27,28)15(23,24)13(18,19)12(16,17)14(20,21)22/h4-8H2,1-3H3. The van der Waals surface area contributed by atoms with Gasteiger partial charge in [0.1, 0.15) is 11.6 Å². The SMILES string of the molecule is CC(C)(C)C(=O)CS1(OS(=O)(=O)C(F)(F)C(F)(F)C(F)(F)C(F)(F)F)CCC(=O)CC1. The molecule has 5 nitrogen and oxygen atoms in total. The number of alkyl halides is 9. The van der Waals surface area contributed by atoms with Gasteiger partial charge in [0.05, 0.1) is 5.75 Å². The lowest BCUT2D eigenvalue weighted by Crippen LogP contribution is -2.63. The van der Waals surface area contributed by atoms with E-state index in [-0.39, 0.29) is 0 Å². The summed E-state index contributed by atoms with van der Waals surface area (Å²) in [6.45, 7) is 4.03. The summed E-state index contributed by atoms with van der Waals surface area (Å²) in [7, 11) is -10.7. The Morgan fingerprint density at radius 2 is 1.32 bits per heavy atom. The molecule has 0 bridgehead atoms. The van der Waals surface area contributed by atoms with Crippen molar-refractivity contribution >= 4 is 32.0 Å². The number of carbonyl (C=O) groups is 2. The number of carbonyl (C=O) groups excluding carboxylic acids is 2. The fraction of sp³-hybridized carbons (Fsp3) is 0.867. The van der Waals surface area contributed by atoms with Crippen LogP contribution in [-0.4, -0.2) is 60.5 Å². The quantitative estimate of drug-likeness (QED) is 0.469. The van der Waals surface area contributed by atoms with Gasteiger partial charge in [-0.1, -0.05) is 20.8 Å². The third-order valence-corrected chi connectivity index (χ3v) is 9.84. The molecule has 0 saturated carbocycles. The number of rotatable bonds is 7. The Kier molecular flexibility index (Phi) is 7.30. The van der Waals surface area contributed by atoms with Crippen LogP contribution in [0.2, 0.25) is 0 Å². The van der Waals surface area contributed by atoms with E-state index >= 15 is 0 Å². The van der Waals surface area contributed by atoms with Gasteiger partial charge in [-0.25, -0.2) is 3.63 Å². The highest BCUT2D eigenvalue weighted by Crippen LogP contribution is 2.60. The molecule has 16 heteroatoms. The molecule has 0 aromatic heterocycles. The molecular formula is C15H19F9O5S2. The average Bonchev–Trinajstić information content (AvgIpc) is 2.54. The van der Waals surface area contributed by atoms with E-state index in [0.717, 1.165) is 0 Å². The van der Waals surface area contributed by atoms with Crippen molar-refractivity contribution in [3.63, 3.8) is 0 Å². The van der Waals surface area contributed by atoms with E-state index in [1.165, 1.54) is 20.8 Å². The molecule has 0 unspecified atom stereocenters. The van der Waals surface area contributed by atoms with Crippen LogP contribution in [0.3, 0.4) is 0 Å². The Balaban J connectivity index is 3.44. The first-order valence-corrected chi connectivity index (χ1v) is 11.9. The molecule has 0 atom stereocenters. The summed E-state index contributed by atoms with van der Waals surface area (Å²) >= 11 is 0. The Morgan fingerprint density at radius 3 is 1.68 bits per heavy atom. The van der Waals surface area contributed by atoms with Crippen molar-refractivity contribution in [1.82, 2.24) is 0 Å². The third-order valence-electron chi connectivity index (χ3n) is 4.40. The van der Waals surface area contributed by atoms with E-state index in [2.05, 4.69) is 3.63 Å². The van der Waals surface area contributed by atoms with Crippen LogP contribution in [0.4, 0.5) is 39.5 Å². The van der Waals surface area contributed by atoms with Crippen molar-refractivity contribution in [2.45, 2.75) is 56.9 Å². The predicted octanol–water partition coefficient (Wildman–Crippen LogP) is 4.46. The lowest BCUT2D eigenvalue weighted by atomic mass is 9.92. The molecule has 1 heterocycles. The summed E-state index contributed by atoms with van der Waals surface area (Å²) in [5.74, 6) is -18.3. The first-order chi connectivity index (χ1) is 13.4. The molecule has 0 radical (unpaired) electrons. The molecule has 1 fully saturated rings. The summed E-state index contributed by atoms with van der Waals surface area (Å²) in [5.41, 5.74) is -1.19. The van der Waals surface area contributed by atoms with Gasteiger partial charge in [0.25, 0.3) is 0 Å².